The summed E-state index contributed by atoms with van der Waals surface area (Å²) < 4.78 is 12.9. The average molecular weight is 316 g/mol. The Kier molecular flexibility index (Phi) is 4.75. The number of nitrogens with one attached hydrogen (secondary N) is 1. The molecule has 1 unspecified atom stereocenters. The number of fused-ring (bicyclic) bond motifs is 1. The van der Waals surface area contributed by atoms with Gasteiger partial charge in [0, 0.05) is 13.0 Å². The van der Waals surface area contributed by atoms with Crippen LogP contribution in [0.1, 0.15) is 18.9 Å². The van der Waals surface area contributed by atoms with Crippen LogP contribution in [0.25, 0.3) is 0 Å². The van der Waals surface area contributed by atoms with Crippen molar-refractivity contribution in [3.05, 3.63) is 36.4 Å². The molecule has 0 radical (unpaired) electrons. The highest BCUT2D eigenvalue weighted by molar-refractivity contribution is 5.78. The molecule has 1 aromatic heterocycles. The second kappa shape index (κ2) is 7.13. The molecular formula is C16H20N4O3. The molecule has 1 aromatic carbocycles. The number of aromatic nitrogens is 3. The lowest BCUT2D eigenvalue weighted by molar-refractivity contribution is -0.125. The van der Waals surface area contributed by atoms with Crippen LogP contribution in [0.3, 0.4) is 0 Å². The van der Waals surface area contributed by atoms with Crippen LogP contribution in [0, 0.1) is 5.92 Å². The summed E-state index contributed by atoms with van der Waals surface area (Å²) in [4.78, 5) is 16.0. The summed E-state index contributed by atoms with van der Waals surface area (Å²) in [7, 11) is 0. The van der Waals surface area contributed by atoms with Gasteiger partial charge in [0.15, 0.2) is 11.5 Å². The maximum atomic E-state index is 12.2. The number of rotatable bonds is 5. The van der Waals surface area contributed by atoms with E-state index in [4.69, 9.17) is 9.47 Å². The van der Waals surface area contributed by atoms with Crippen LogP contribution >= 0.6 is 0 Å². The third kappa shape index (κ3) is 4.00. The Labute approximate surface area is 134 Å². The summed E-state index contributed by atoms with van der Waals surface area (Å²) in [6.07, 6.45) is 3.94. The van der Waals surface area contributed by atoms with Gasteiger partial charge < -0.3 is 14.8 Å². The first-order chi connectivity index (χ1) is 11.2. The second-order valence-corrected chi connectivity index (χ2v) is 5.57. The molecule has 0 bridgehead atoms. The lowest BCUT2D eigenvalue weighted by atomic mass is 10.1. The zero-order valence-electron chi connectivity index (χ0n) is 13.1. The van der Waals surface area contributed by atoms with E-state index in [2.05, 4.69) is 15.4 Å². The Bertz CT molecular complexity index is 657. The first-order valence-corrected chi connectivity index (χ1v) is 7.71. The van der Waals surface area contributed by atoms with E-state index in [0.717, 1.165) is 23.5 Å². The van der Waals surface area contributed by atoms with Gasteiger partial charge >= 0.3 is 0 Å². The number of benzene rings is 1. The topological polar surface area (TPSA) is 78.3 Å². The van der Waals surface area contributed by atoms with Crippen molar-refractivity contribution in [3.63, 3.8) is 0 Å². The molecule has 3 rings (SSSR count). The largest absolute Gasteiger partial charge is 0.490 e. The van der Waals surface area contributed by atoms with Crippen molar-refractivity contribution in [1.29, 1.82) is 0 Å². The van der Waals surface area contributed by atoms with Crippen molar-refractivity contribution in [2.24, 2.45) is 5.92 Å². The van der Waals surface area contributed by atoms with Gasteiger partial charge in [0.25, 0.3) is 0 Å². The van der Waals surface area contributed by atoms with Crippen LogP contribution in [-0.2, 0) is 17.9 Å². The number of carbonyl (C=O) groups excluding carboxylic acids is 1. The van der Waals surface area contributed by atoms with E-state index in [9.17, 15) is 4.79 Å². The number of amides is 1. The third-order valence-electron chi connectivity index (χ3n) is 3.65. The maximum absolute atomic E-state index is 12.2. The molecule has 122 valence electrons. The first-order valence-electron chi connectivity index (χ1n) is 7.71. The van der Waals surface area contributed by atoms with Gasteiger partial charge in [-0.05, 0) is 17.7 Å². The predicted molar refractivity (Wildman–Crippen MR) is 83.1 cm³/mol. The Morgan fingerprint density at radius 1 is 1.35 bits per heavy atom. The van der Waals surface area contributed by atoms with Gasteiger partial charge in [0.2, 0.25) is 5.91 Å². The number of hydrogen-bond donors (Lipinski definition) is 1. The van der Waals surface area contributed by atoms with Crippen LogP contribution < -0.4 is 14.8 Å². The molecule has 1 aliphatic rings. The van der Waals surface area contributed by atoms with Crippen molar-refractivity contribution in [3.8, 4) is 11.5 Å². The number of ether oxygens (including phenoxy) is 2. The van der Waals surface area contributed by atoms with E-state index in [1.54, 1.807) is 11.0 Å². The van der Waals surface area contributed by atoms with Crippen LogP contribution in [0.2, 0.25) is 0 Å². The molecule has 1 amide bonds. The van der Waals surface area contributed by atoms with Gasteiger partial charge in [0.1, 0.15) is 12.7 Å². The van der Waals surface area contributed by atoms with Gasteiger partial charge in [-0.15, -0.1) is 0 Å². The normalized spacial score (nSPS) is 14.8. The van der Waals surface area contributed by atoms with Crippen molar-refractivity contribution >= 4 is 5.91 Å². The zero-order valence-corrected chi connectivity index (χ0v) is 13.1. The summed E-state index contributed by atoms with van der Waals surface area (Å²) in [5, 5.41) is 6.95. The molecular weight excluding hydrogens is 296 g/mol. The van der Waals surface area contributed by atoms with E-state index in [-0.39, 0.29) is 11.8 Å². The lowest BCUT2D eigenvalue weighted by Gasteiger charge is -2.13. The van der Waals surface area contributed by atoms with Crippen molar-refractivity contribution in [2.75, 3.05) is 13.2 Å². The standard InChI is InChI=1S/C16H20N4O3/c1-12(9-20-11-17-10-19-20)16(21)18-8-13-3-4-14-15(7-13)23-6-2-5-22-14/h3-4,7,10-12H,2,5-6,8-9H2,1H3,(H,18,21). The van der Waals surface area contributed by atoms with Crippen molar-refractivity contribution < 1.29 is 14.3 Å². The van der Waals surface area contributed by atoms with E-state index in [1.165, 1.54) is 6.33 Å². The van der Waals surface area contributed by atoms with Crippen molar-refractivity contribution in [2.45, 2.75) is 26.4 Å². The minimum atomic E-state index is -0.183. The Hall–Kier alpha value is -2.57. The Morgan fingerprint density at radius 2 is 2.17 bits per heavy atom. The van der Waals surface area contributed by atoms with Crippen LogP contribution in [0.5, 0.6) is 11.5 Å². The molecule has 1 N–H and O–H groups in total. The monoisotopic (exact) mass is 316 g/mol. The molecule has 7 nitrogen and oxygen atoms in total. The zero-order chi connectivity index (χ0) is 16.1. The van der Waals surface area contributed by atoms with Gasteiger partial charge in [-0.2, -0.15) is 5.10 Å². The lowest BCUT2D eigenvalue weighted by Crippen LogP contribution is -2.31. The highest BCUT2D eigenvalue weighted by Crippen LogP contribution is 2.30. The highest BCUT2D eigenvalue weighted by atomic mass is 16.5. The van der Waals surface area contributed by atoms with Gasteiger partial charge in [-0.1, -0.05) is 13.0 Å². The summed E-state index contributed by atoms with van der Waals surface area (Å²) in [6, 6.07) is 5.75. The molecule has 23 heavy (non-hydrogen) atoms. The van der Waals surface area contributed by atoms with Gasteiger partial charge in [0.05, 0.1) is 25.7 Å². The van der Waals surface area contributed by atoms with E-state index >= 15 is 0 Å². The number of nitrogens with zero attached hydrogens (tertiary/aromatic N) is 3. The van der Waals surface area contributed by atoms with Crippen LogP contribution in [0.15, 0.2) is 30.9 Å². The number of carbonyl (C=O) groups is 1. The fourth-order valence-corrected chi connectivity index (χ4v) is 2.37. The summed E-state index contributed by atoms with van der Waals surface area (Å²) in [5.74, 6) is 1.30. The molecule has 0 saturated heterocycles. The summed E-state index contributed by atoms with van der Waals surface area (Å²) in [5.41, 5.74) is 0.982. The smallest absolute Gasteiger partial charge is 0.224 e. The summed E-state index contributed by atoms with van der Waals surface area (Å²) >= 11 is 0. The molecule has 2 aromatic rings. The van der Waals surface area contributed by atoms with Crippen LogP contribution in [-0.4, -0.2) is 33.9 Å². The fraction of sp³-hybridized carbons (Fsp3) is 0.438. The maximum Gasteiger partial charge on any atom is 0.224 e. The van der Waals surface area contributed by atoms with Crippen molar-refractivity contribution in [1.82, 2.24) is 20.1 Å². The third-order valence-corrected chi connectivity index (χ3v) is 3.65. The fourth-order valence-electron chi connectivity index (χ4n) is 2.37. The molecule has 7 heteroatoms. The van der Waals surface area contributed by atoms with E-state index in [0.29, 0.717) is 26.3 Å². The molecule has 0 fully saturated rings. The first kappa shape index (κ1) is 15.3. The Balaban J connectivity index is 1.55. The van der Waals surface area contributed by atoms with Gasteiger partial charge in [-0.25, -0.2) is 4.98 Å². The molecule has 1 atom stereocenters. The van der Waals surface area contributed by atoms with E-state index in [1.807, 2.05) is 25.1 Å². The van der Waals surface area contributed by atoms with E-state index < -0.39 is 0 Å². The average Bonchev–Trinajstić information content (AvgIpc) is 2.95. The molecule has 0 spiro atoms. The van der Waals surface area contributed by atoms with Crippen LogP contribution in [0.4, 0.5) is 0 Å². The van der Waals surface area contributed by atoms with Gasteiger partial charge in [-0.3, -0.25) is 9.48 Å². The molecule has 2 heterocycles. The number of hydrogen-bond acceptors (Lipinski definition) is 5. The Morgan fingerprint density at radius 3 is 2.96 bits per heavy atom. The highest BCUT2D eigenvalue weighted by Gasteiger charge is 2.15. The SMILES string of the molecule is CC(Cn1cncn1)C(=O)NCc1ccc2c(c1)OCCCO2. The summed E-state index contributed by atoms with van der Waals surface area (Å²) in [6.45, 7) is 4.15. The predicted octanol–water partition coefficient (Wildman–Crippen LogP) is 1.39. The quantitative estimate of drug-likeness (QED) is 0.902. The second-order valence-electron chi connectivity index (χ2n) is 5.57. The minimum absolute atomic E-state index is 0.0207. The molecule has 1 aliphatic heterocycles. The minimum Gasteiger partial charge on any atom is -0.490 e. The molecule has 0 aliphatic carbocycles. The molecule has 0 saturated carbocycles.